The first-order chi connectivity index (χ1) is 8.43. The summed E-state index contributed by atoms with van der Waals surface area (Å²) in [5, 5.41) is 8.75. The van der Waals surface area contributed by atoms with Gasteiger partial charge in [0.15, 0.2) is 11.6 Å². The molecule has 2 saturated heterocycles. The van der Waals surface area contributed by atoms with Gasteiger partial charge in [0.1, 0.15) is 0 Å². The van der Waals surface area contributed by atoms with E-state index in [4.69, 9.17) is 0 Å². The van der Waals surface area contributed by atoms with Crippen LogP contribution in [-0.2, 0) is 0 Å². The Morgan fingerprint density at radius 1 is 0.647 bits per heavy atom. The quantitative estimate of drug-likeness (QED) is 0.781. The summed E-state index contributed by atoms with van der Waals surface area (Å²) < 4.78 is 0. The van der Waals surface area contributed by atoms with Gasteiger partial charge in [-0.05, 0) is 44.2 Å². The fourth-order valence-corrected chi connectivity index (χ4v) is 2.72. The second-order valence-electron chi connectivity index (χ2n) is 4.99. The van der Waals surface area contributed by atoms with E-state index in [0.29, 0.717) is 0 Å². The lowest BCUT2D eigenvalue weighted by Crippen LogP contribution is -2.30. The molecule has 3 heterocycles. The van der Waals surface area contributed by atoms with Crippen LogP contribution in [-0.4, -0.2) is 36.4 Å². The summed E-state index contributed by atoms with van der Waals surface area (Å²) in [6.45, 7) is 4.55. The highest BCUT2D eigenvalue weighted by atomic mass is 15.3. The van der Waals surface area contributed by atoms with E-state index < -0.39 is 0 Å². The normalized spacial score (nSPS) is 20.9. The maximum absolute atomic E-state index is 4.38. The first-order valence-corrected chi connectivity index (χ1v) is 6.77. The summed E-state index contributed by atoms with van der Waals surface area (Å²) in [6.07, 6.45) is 6.51. The van der Waals surface area contributed by atoms with Gasteiger partial charge in [0.2, 0.25) is 0 Å². The molecule has 0 unspecified atom stereocenters. The van der Waals surface area contributed by atoms with Crippen molar-refractivity contribution in [1.29, 1.82) is 0 Å². The van der Waals surface area contributed by atoms with Crippen LogP contribution in [0.15, 0.2) is 12.1 Å². The molecule has 0 bridgehead atoms. The van der Waals surface area contributed by atoms with Crippen LogP contribution in [0.25, 0.3) is 0 Å². The van der Waals surface area contributed by atoms with Crippen molar-refractivity contribution in [1.82, 2.24) is 10.2 Å². The average molecular weight is 232 g/mol. The van der Waals surface area contributed by atoms with Crippen molar-refractivity contribution in [3.63, 3.8) is 0 Å². The molecule has 4 heteroatoms. The van der Waals surface area contributed by atoms with Crippen molar-refractivity contribution in [3.05, 3.63) is 12.1 Å². The van der Waals surface area contributed by atoms with Crippen molar-refractivity contribution < 1.29 is 0 Å². The predicted molar refractivity (Wildman–Crippen MR) is 69.5 cm³/mol. The zero-order valence-electron chi connectivity index (χ0n) is 10.3. The van der Waals surface area contributed by atoms with E-state index in [1.54, 1.807) is 0 Å². The van der Waals surface area contributed by atoms with Crippen molar-refractivity contribution >= 4 is 11.6 Å². The van der Waals surface area contributed by atoms with Crippen LogP contribution < -0.4 is 9.80 Å². The van der Waals surface area contributed by atoms with Gasteiger partial charge < -0.3 is 9.80 Å². The van der Waals surface area contributed by atoms with Crippen LogP contribution in [0.5, 0.6) is 0 Å². The van der Waals surface area contributed by atoms with E-state index in [-0.39, 0.29) is 0 Å². The van der Waals surface area contributed by atoms with Crippen molar-refractivity contribution in [3.8, 4) is 0 Å². The fourth-order valence-electron chi connectivity index (χ4n) is 2.72. The summed E-state index contributed by atoms with van der Waals surface area (Å²) in [5.41, 5.74) is 0. The van der Waals surface area contributed by atoms with Gasteiger partial charge in [0, 0.05) is 26.2 Å². The molecule has 3 rings (SSSR count). The molecule has 0 aromatic carbocycles. The minimum Gasteiger partial charge on any atom is -0.355 e. The fraction of sp³-hybridized carbons (Fsp3) is 0.692. The van der Waals surface area contributed by atoms with Crippen molar-refractivity contribution in [2.45, 2.75) is 32.1 Å². The predicted octanol–water partition coefficient (Wildman–Crippen LogP) is 2.07. The molecular weight excluding hydrogens is 212 g/mol. The highest BCUT2D eigenvalue weighted by Gasteiger charge is 2.16. The monoisotopic (exact) mass is 232 g/mol. The SMILES string of the molecule is c1cc(N2CCCC2)nnc1N1CCCCC1. The molecule has 0 spiro atoms. The topological polar surface area (TPSA) is 32.3 Å². The number of hydrogen-bond donors (Lipinski definition) is 0. The van der Waals surface area contributed by atoms with Gasteiger partial charge in [0.25, 0.3) is 0 Å². The van der Waals surface area contributed by atoms with E-state index >= 15 is 0 Å². The molecule has 1 aromatic rings. The van der Waals surface area contributed by atoms with Gasteiger partial charge >= 0.3 is 0 Å². The molecule has 17 heavy (non-hydrogen) atoms. The minimum absolute atomic E-state index is 1.04. The number of anilines is 2. The number of nitrogens with zero attached hydrogens (tertiary/aromatic N) is 4. The maximum Gasteiger partial charge on any atom is 0.151 e. The smallest absolute Gasteiger partial charge is 0.151 e. The van der Waals surface area contributed by atoms with E-state index in [2.05, 4.69) is 32.1 Å². The van der Waals surface area contributed by atoms with E-state index in [0.717, 1.165) is 37.8 Å². The molecule has 2 aliphatic rings. The van der Waals surface area contributed by atoms with Gasteiger partial charge in [-0.1, -0.05) is 0 Å². The molecule has 0 atom stereocenters. The van der Waals surface area contributed by atoms with Crippen molar-refractivity contribution in [2.24, 2.45) is 0 Å². The lowest BCUT2D eigenvalue weighted by molar-refractivity contribution is 0.571. The Labute approximate surface area is 103 Å². The van der Waals surface area contributed by atoms with Crippen molar-refractivity contribution in [2.75, 3.05) is 36.0 Å². The van der Waals surface area contributed by atoms with Gasteiger partial charge in [-0.2, -0.15) is 0 Å². The molecule has 2 fully saturated rings. The number of rotatable bonds is 2. The Bertz CT molecular complexity index is 350. The number of aromatic nitrogens is 2. The lowest BCUT2D eigenvalue weighted by atomic mass is 10.1. The third-order valence-electron chi connectivity index (χ3n) is 3.75. The van der Waals surface area contributed by atoms with Crippen LogP contribution in [0.3, 0.4) is 0 Å². The summed E-state index contributed by atoms with van der Waals surface area (Å²) >= 11 is 0. The average Bonchev–Trinajstić information content (AvgIpc) is 2.94. The zero-order chi connectivity index (χ0) is 11.5. The van der Waals surface area contributed by atoms with Crippen LogP contribution in [0.2, 0.25) is 0 Å². The van der Waals surface area contributed by atoms with E-state index in [1.807, 2.05) is 0 Å². The van der Waals surface area contributed by atoms with Gasteiger partial charge in [-0.15, -0.1) is 10.2 Å². The summed E-state index contributed by atoms with van der Waals surface area (Å²) in [4.78, 5) is 4.68. The van der Waals surface area contributed by atoms with Crippen LogP contribution in [0.4, 0.5) is 11.6 Å². The Hall–Kier alpha value is -1.32. The largest absolute Gasteiger partial charge is 0.355 e. The molecule has 0 radical (unpaired) electrons. The molecule has 4 nitrogen and oxygen atoms in total. The molecule has 0 saturated carbocycles. The third kappa shape index (κ3) is 2.35. The highest BCUT2D eigenvalue weighted by Crippen LogP contribution is 2.21. The standard InChI is InChI=1S/C13H20N4/c1-2-8-16(9-3-1)12-6-7-13(15-14-12)17-10-4-5-11-17/h6-7H,1-5,8-11H2. The Morgan fingerprint density at radius 3 is 1.47 bits per heavy atom. The molecule has 0 amide bonds. The summed E-state index contributed by atoms with van der Waals surface area (Å²) in [7, 11) is 0. The molecule has 2 aliphatic heterocycles. The van der Waals surface area contributed by atoms with Crippen LogP contribution in [0, 0.1) is 0 Å². The second-order valence-corrected chi connectivity index (χ2v) is 4.99. The van der Waals surface area contributed by atoms with Gasteiger partial charge in [-0.25, -0.2) is 0 Å². The number of hydrogen-bond acceptors (Lipinski definition) is 4. The van der Waals surface area contributed by atoms with Crippen LogP contribution >= 0.6 is 0 Å². The Kier molecular flexibility index (Phi) is 3.12. The Morgan fingerprint density at radius 2 is 1.06 bits per heavy atom. The van der Waals surface area contributed by atoms with E-state index in [9.17, 15) is 0 Å². The van der Waals surface area contributed by atoms with E-state index in [1.165, 1.54) is 32.1 Å². The van der Waals surface area contributed by atoms with Gasteiger partial charge in [-0.3, -0.25) is 0 Å². The number of piperidine rings is 1. The summed E-state index contributed by atoms with van der Waals surface area (Å²) in [6, 6.07) is 4.26. The highest BCUT2D eigenvalue weighted by molar-refractivity contribution is 5.45. The second kappa shape index (κ2) is 4.90. The summed E-state index contributed by atoms with van der Waals surface area (Å²) in [5.74, 6) is 2.09. The molecule has 0 N–H and O–H groups in total. The first-order valence-electron chi connectivity index (χ1n) is 6.77. The molecule has 0 aliphatic carbocycles. The van der Waals surface area contributed by atoms with Crippen LogP contribution in [0.1, 0.15) is 32.1 Å². The van der Waals surface area contributed by atoms with Gasteiger partial charge in [0.05, 0.1) is 0 Å². The molecule has 92 valence electrons. The lowest BCUT2D eigenvalue weighted by Gasteiger charge is -2.27. The first kappa shape index (κ1) is 10.8. The minimum atomic E-state index is 1.04. The maximum atomic E-state index is 4.38. The Balaban J connectivity index is 1.70. The molecule has 1 aromatic heterocycles. The third-order valence-corrected chi connectivity index (χ3v) is 3.75. The molecular formula is C13H20N4. The zero-order valence-corrected chi connectivity index (χ0v) is 10.3.